The molecule has 0 heterocycles. The molecule has 1 aromatic rings. The first kappa shape index (κ1) is 17.6. The Morgan fingerprint density at radius 2 is 1.71 bits per heavy atom. The summed E-state index contributed by atoms with van der Waals surface area (Å²) >= 11 is 10.3. The predicted octanol–water partition coefficient (Wildman–Crippen LogP) is 1.46. The number of hydrazine groups is 1. The van der Waals surface area contributed by atoms with Gasteiger partial charge in [0, 0.05) is 26.3 Å². The Kier molecular flexibility index (Phi) is 9.43. The minimum atomic E-state index is 0.498. The van der Waals surface area contributed by atoms with Crippen LogP contribution in [0.1, 0.15) is 18.9 Å². The van der Waals surface area contributed by atoms with E-state index in [2.05, 4.69) is 21.5 Å². The van der Waals surface area contributed by atoms with E-state index in [-0.39, 0.29) is 0 Å². The van der Waals surface area contributed by atoms with Crippen molar-refractivity contribution in [2.24, 2.45) is 0 Å². The van der Waals surface area contributed by atoms with Crippen molar-refractivity contribution >= 4 is 34.7 Å². The highest BCUT2D eigenvalue weighted by atomic mass is 32.1. The molecule has 0 spiro atoms. The van der Waals surface area contributed by atoms with Crippen LogP contribution in [0.25, 0.3) is 0 Å². The van der Waals surface area contributed by atoms with Crippen LogP contribution in [-0.2, 0) is 11.3 Å². The molecule has 0 unspecified atom stereocenters. The summed E-state index contributed by atoms with van der Waals surface area (Å²) in [6.07, 6.45) is 0.909. The van der Waals surface area contributed by atoms with Crippen LogP contribution in [0, 0.1) is 0 Å². The molecule has 0 bridgehead atoms. The minimum Gasteiger partial charge on any atom is -0.382 e. The maximum atomic E-state index is 5.24. The van der Waals surface area contributed by atoms with Crippen molar-refractivity contribution in [2.75, 3.05) is 19.8 Å². The summed E-state index contributed by atoms with van der Waals surface area (Å²) in [6.45, 7) is 4.88. The van der Waals surface area contributed by atoms with Crippen LogP contribution in [0.2, 0.25) is 0 Å². The lowest BCUT2D eigenvalue weighted by atomic mass is 10.2. The van der Waals surface area contributed by atoms with E-state index in [9.17, 15) is 0 Å². The van der Waals surface area contributed by atoms with Crippen molar-refractivity contribution < 1.29 is 4.74 Å². The normalized spacial score (nSPS) is 9.76. The Labute approximate surface area is 136 Å². The van der Waals surface area contributed by atoms with E-state index in [1.165, 1.54) is 5.56 Å². The molecule has 0 amide bonds. The fourth-order valence-electron chi connectivity index (χ4n) is 1.50. The van der Waals surface area contributed by atoms with Gasteiger partial charge >= 0.3 is 0 Å². The van der Waals surface area contributed by atoms with Crippen molar-refractivity contribution in [3.63, 3.8) is 0 Å². The molecule has 1 aromatic carbocycles. The summed E-state index contributed by atoms with van der Waals surface area (Å²) in [5, 5.41) is 7.16. The van der Waals surface area contributed by atoms with Crippen molar-refractivity contribution in [2.45, 2.75) is 19.9 Å². The van der Waals surface area contributed by atoms with Gasteiger partial charge in [0.2, 0.25) is 0 Å². The third kappa shape index (κ3) is 9.17. The average Bonchev–Trinajstić information content (AvgIpc) is 2.51. The highest BCUT2D eigenvalue weighted by Gasteiger charge is 1.98. The maximum absolute atomic E-state index is 5.24. The van der Waals surface area contributed by atoms with Gasteiger partial charge in [-0.25, -0.2) is 0 Å². The topological polar surface area (TPSA) is 57.4 Å². The molecule has 116 valence electrons. The molecule has 0 aliphatic rings. The zero-order chi connectivity index (χ0) is 15.3. The molecular weight excluding hydrogens is 304 g/mol. The van der Waals surface area contributed by atoms with E-state index in [0.717, 1.165) is 26.2 Å². The molecular formula is C14H22N4OS2. The number of thiocarbonyl (C=S) groups is 2. The summed E-state index contributed by atoms with van der Waals surface area (Å²) in [7, 11) is 0. The lowest BCUT2D eigenvalue weighted by Crippen LogP contribution is -2.50. The lowest BCUT2D eigenvalue weighted by Gasteiger charge is -2.14. The van der Waals surface area contributed by atoms with E-state index in [0.29, 0.717) is 16.8 Å². The van der Waals surface area contributed by atoms with Gasteiger partial charge in [-0.3, -0.25) is 10.9 Å². The molecule has 0 aliphatic heterocycles. The average molecular weight is 326 g/mol. The van der Waals surface area contributed by atoms with Gasteiger partial charge in [0.15, 0.2) is 10.2 Å². The maximum Gasteiger partial charge on any atom is 0.185 e. The van der Waals surface area contributed by atoms with Gasteiger partial charge < -0.3 is 15.4 Å². The van der Waals surface area contributed by atoms with Crippen LogP contribution < -0.4 is 21.5 Å². The summed E-state index contributed by atoms with van der Waals surface area (Å²) in [5.41, 5.74) is 6.84. The van der Waals surface area contributed by atoms with Crippen LogP contribution in [0.3, 0.4) is 0 Å². The SMILES string of the molecule is CCOCCCNC(=S)NNC(=S)NCc1ccccc1. The summed E-state index contributed by atoms with van der Waals surface area (Å²) in [6, 6.07) is 10.0. The van der Waals surface area contributed by atoms with Crippen LogP contribution in [0.15, 0.2) is 30.3 Å². The van der Waals surface area contributed by atoms with Crippen LogP contribution in [-0.4, -0.2) is 30.0 Å². The monoisotopic (exact) mass is 326 g/mol. The van der Waals surface area contributed by atoms with Crippen LogP contribution in [0.5, 0.6) is 0 Å². The highest BCUT2D eigenvalue weighted by molar-refractivity contribution is 7.80. The summed E-state index contributed by atoms with van der Waals surface area (Å²) in [5.74, 6) is 0. The van der Waals surface area contributed by atoms with Crippen molar-refractivity contribution in [3.8, 4) is 0 Å². The van der Waals surface area contributed by atoms with E-state index in [4.69, 9.17) is 29.2 Å². The van der Waals surface area contributed by atoms with Gasteiger partial charge in [0.25, 0.3) is 0 Å². The van der Waals surface area contributed by atoms with Crippen LogP contribution >= 0.6 is 24.4 Å². The van der Waals surface area contributed by atoms with Crippen molar-refractivity contribution in [1.29, 1.82) is 0 Å². The first-order chi connectivity index (χ1) is 10.2. The first-order valence-corrected chi connectivity index (χ1v) is 7.73. The number of hydrogen-bond donors (Lipinski definition) is 4. The number of nitrogens with one attached hydrogen (secondary N) is 4. The number of hydrogen-bond acceptors (Lipinski definition) is 3. The molecule has 0 fully saturated rings. The molecule has 7 heteroatoms. The third-order valence-electron chi connectivity index (χ3n) is 2.54. The van der Waals surface area contributed by atoms with E-state index in [1.54, 1.807) is 0 Å². The van der Waals surface area contributed by atoms with Gasteiger partial charge in [-0.2, -0.15) is 0 Å². The molecule has 0 aromatic heterocycles. The second kappa shape index (κ2) is 11.2. The van der Waals surface area contributed by atoms with Gasteiger partial charge in [0.1, 0.15) is 0 Å². The van der Waals surface area contributed by atoms with Crippen molar-refractivity contribution in [1.82, 2.24) is 21.5 Å². The Morgan fingerprint density at radius 1 is 1.05 bits per heavy atom. The van der Waals surface area contributed by atoms with E-state index >= 15 is 0 Å². The molecule has 0 saturated carbocycles. The molecule has 5 nitrogen and oxygen atoms in total. The summed E-state index contributed by atoms with van der Waals surface area (Å²) < 4.78 is 5.24. The smallest absolute Gasteiger partial charge is 0.185 e. The van der Waals surface area contributed by atoms with Crippen molar-refractivity contribution in [3.05, 3.63) is 35.9 Å². The van der Waals surface area contributed by atoms with Gasteiger partial charge in [0.05, 0.1) is 0 Å². The Bertz CT molecular complexity index is 428. The number of benzene rings is 1. The minimum absolute atomic E-state index is 0.498. The lowest BCUT2D eigenvalue weighted by molar-refractivity contribution is 0.145. The van der Waals surface area contributed by atoms with E-state index < -0.39 is 0 Å². The molecule has 0 saturated heterocycles. The summed E-state index contributed by atoms with van der Waals surface area (Å²) in [4.78, 5) is 0. The fourth-order valence-corrected chi connectivity index (χ4v) is 1.78. The first-order valence-electron chi connectivity index (χ1n) is 6.91. The Hall–Kier alpha value is -1.44. The molecule has 0 atom stereocenters. The molecule has 1 rings (SSSR count). The Balaban J connectivity index is 2.05. The van der Waals surface area contributed by atoms with Gasteiger partial charge in [-0.15, -0.1) is 0 Å². The molecule has 0 radical (unpaired) electrons. The van der Waals surface area contributed by atoms with Gasteiger partial charge in [-0.05, 0) is 43.3 Å². The predicted molar refractivity (Wildman–Crippen MR) is 93.9 cm³/mol. The second-order valence-electron chi connectivity index (χ2n) is 4.22. The van der Waals surface area contributed by atoms with E-state index in [1.807, 2.05) is 37.3 Å². The zero-order valence-corrected chi connectivity index (χ0v) is 13.8. The largest absolute Gasteiger partial charge is 0.382 e. The molecule has 21 heavy (non-hydrogen) atoms. The van der Waals surface area contributed by atoms with Crippen LogP contribution in [0.4, 0.5) is 0 Å². The zero-order valence-electron chi connectivity index (χ0n) is 12.1. The Morgan fingerprint density at radius 3 is 2.38 bits per heavy atom. The second-order valence-corrected chi connectivity index (χ2v) is 5.04. The standard InChI is InChI=1S/C14H22N4OS2/c1-2-19-10-6-9-15-13(20)17-18-14(21)16-11-12-7-4-3-5-8-12/h3-5,7-8H,2,6,9-11H2,1H3,(H2,15,17,20)(H2,16,18,21). The quantitative estimate of drug-likeness (QED) is 0.344. The molecule has 4 N–H and O–H groups in total. The number of ether oxygens (including phenoxy) is 1. The molecule has 0 aliphatic carbocycles. The number of rotatable bonds is 7. The third-order valence-corrected chi connectivity index (χ3v) is 3.03. The van der Waals surface area contributed by atoms with Gasteiger partial charge in [-0.1, -0.05) is 30.3 Å². The highest BCUT2D eigenvalue weighted by Crippen LogP contribution is 1.96. The fraction of sp³-hybridized carbons (Fsp3) is 0.429.